The molecule has 0 fully saturated rings. The molecule has 1 atom stereocenters. The van der Waals surface area contributed by atoms with Gasteiger partial charge in [-0.2, -0.15) is 0 Å². The Bertz CT molecular complexity index is 1420. The molecule has 0 saturated heterocycles. The maximum Gasteiger partial charge on any atom is 0.338 e. The molecule has 2 heterocycles. The number of aromatic nitrogens is 1. The molecule has 0 unspecified atom stereocenters. The summed E-state index contributed by atoms with van der Waals surface area (Å²) in [5, 5.41) is 0. The number of nitrogens with zero attached hydrogens (tertiary/aromatic N) is 2. The number of rotatable bonds is 7. The Kier molecular flexibility index (Phi) is 6.98. The summed E-state index contributed by atoms with van der Waals surface area (Å²) >= 11 is 1.28. The van der Waals surface area contributed by atoms with E-state index in [4.69, 9.17) is 14.2 Å². The summed E-state index contributed by atoms with van der Waals surface area (Å²) in [5.74, 6) is 0.880. The van der Waals surface area contributed by atoms with E-state index in [0.717, 1.165) is 23.3 Å². The summed E-state index contributed by atoms with van der Waals surface area (Å²) in [6.07, 6.45) is 2.69. The minimum atomic E-state index is -0.663. The number of ether oxygens (including phenoxy) is 3. The van der Waals surface area contributed by atoms with Crippen LogP contribution >= 0.6 is 11.3 Å². The molecule has 3 aromatic rings. The number of carbonyl (C=O) groups excluding carboxylic acids is 1. The Morgan fingerprint density at radius 2 is 1.88 bits per heavy atom. The predicted molar refractivity (Wildman–Crippen MR) is 131 cm³/mol. The van der Waals surface area contributed by atoms with Crippen molar-refractivity contribution < 1.29 is 19.0 Å². The standard InChI is InChI=1S/C26H26N2O5S/c1-5-14-33-19-12-10-17(11-13-19)23-22(25(30)32-4)16(2)27-26-28(23)24(29)21(34-26)15-18-8-6-7-9-20(18)31-3/h6-13,15,23H,5,14H2,1-4H3/b21-15+/t23-/m1/s1. The zero-order valence-electron chi connectivity index (χ0n) is 19.5. The number of esters is 1. The van der Waals surface area contributed by atoms with Gasteiger partial charge in [-0.25, -0.2) is 9.79 Å². The Morgan fingerprint density at radius 1 is 1.15 bits per heavy atom. The molecule has 34 heavy (non-hydrogen) atoms. The molecule has 0 spiro atoms. The van der Waals surface area contributed by atoms with Gasteiger partial charge in [-0.1, -0.05) is 48.6 Å². The number of methoxy groups -OCH3 is 2. The zero-order chi connectivity index (χ0) is 24.2. The minimum Gasteiger partial charge on any atom is -0.496 e. The first-order chi connectivity index (χ1) is 16.5. The van der Waals surface area contributed by atoms with E-state index in [0.29, 0.717) is 33.0 Å². The number of benzene rings is 2. The highest BCUT2D eigenvalue weighted by Crippen LogP contribution is 2.31. The van der Waals surface area contributed by atoms with Crippen molar-refractivity contribution in [3.05, 3.63) is 90.6 Å². The highest BCUT2D eigenvalue weighted by molar-refractivity contribution is 7.07. The Labute approximate surface area is 201 Å². The van der Waals surface area contributed by atoms with Crippen LogP contribution in [0.3, 0.4) is 0 Å². The van der Waals surface area contributed by atoms with Gasteiger partial charge < -0.3 is 14.2 Å². The Hall–Kier alpha value is -3.65. The lowest BCUT2D eigenvalue weighted by Crippen LogP contribution is -2.39. The molecule has 1 aliphatic rings. The number of carbonyl (C=O) groups is 1. The molecule has 4 rings (SSSR count). The van der Waals surface area contributed by atoms with Gasteiger partial charge in [0, 0.05) is 5.56 Å². The molecular weight excluding hydrogens is 452 g/mol. The number of thiazole rings is 1. The lowest BCUT2D eigenvalue weighted by atomic mass is 9.96. The molecule has 176 valence electrons. The van der Waals surface area contributed by atoms with Gasteiger partial charge in [-0.3, -0.25) is 9.36 Å². The van der Waals surface area contributed by atoms with Crippen molar-refractivity contribution in [3.63, 3.8) is 0 Å². The van der Waals surface area contributed by atoms with Crippen molar-refractivity contribution in [2.24, 2.45) is 4.99 Å². The van der Waals surface area contributed by atoms with Gasteiger partial charge in [-0.15, -0.1) is 0 Å². The molecule has 1 aromatic heterocycles. The van der Waals surface area contributed by atoms with Crippen LogP contribution in [0.1, 0.15) is 37.4 Å². The SMILES string of the molecule is CCCOc1ccc([C@@H]2C(C(=O)OC)=C(C)N=c3s/c(=C/c4ccccc4OC)c(=O)n32)cc1. The molecule has 7 nitrogen and oxygen atoms in total. The van der Waals surface area contributed by atoms with Crippen LogP contribution in [0.2, 0.25) is 0 Å². The fraction of sp³-hybridized carbons (Fsp3) is 0.269. The van der Waals surface area contributed by atoms with Gasteiger partial charge in [0.15, 0.2) is 4.80 Å². The van der Waals surface area contributed by atoms with E-state index < -0.39 is 12.0 Å². The average Bonchev–Trinajstić information content (AvgIpc) is 3.16. The van der Waals surface area contributed by atoms with Gasteiger partial charge in [0.1, 0.15) is 11.5 Å². The fourth-order valence-corrected chi connectivity index (χ4v) is 4.94. The third-order valence-electron chi connectivity index (χ3n) is 5.52. The second-order valence-corrected chi connectivity index (χ2v) is 8.74. The third-order valence-corrected chi connectivity index (χ3v) is 6.50. The van der Waals surface area contributed by atoms with E-state index in [2.05, 4.69) is 4.99 Å². The van der Waals surface area contributed by atoms with Crippen molar-refractivity contribution >= 4 is 23.4 Å². The van der Waals surface area contributed by atoms with Crippen molar-refractivity contribution in [2.45, 2.75) is 26.3 Å². The van der Waals surface area contributed by atoms with E-state index in [-0.39, 0.29) is 5.56 Å². The van der Waals surface area contributed by atoms with E-state index in [9.17, 15) is 9.59 Å². The molecule has 0 radical (unpaired) electrons. The molecule has 0 N–H and O–H groups in total. The molecule has 8 heteroatoms. The molecule has 0 amide bonds. The molecule has 2 aromatic carbocycles. The highest BCUT2D eigenvalue weighted by Gasteiger charge is 2.33. The molecule has 0 aliphatic carbocycles. The number of hydrogen-bond acceptors (Lipinski definition) is 7. The van der Waals surface area contributed by atoms with E-state index in [1.165, 1.54) is 18.4 Å². The van der Waals surface area contributed by atoms with Crippen LogP contribution in [0, 0.1) is 0 Å². The first-order valence-corrected chi connectivity index (χ1v) is 11.8. The van der Waals surface area contributed by atoms with Gasteiger partial charge in [0.2, 0.25) is 0 Å². The van der Waals surface area contributed by atoms with Gasteiger partial charge >= 0.3 is 5.97 Å². The van der Waals surface area contributed by atoms with Crippen LogP contribution in [0.15, 0.2) is 69.6 Å². The second-order valence-electron chi connectivity index (χ2n) is 7.73. The largest absolute Gasteiger partial charge is 0.496 e. The summed E-state index contributed by atoms with van der Waals surface area (Å²) in [5.41, 5.74) is 2.17. The van der Waals surface area contributed by atoms with Crippen molar-refractivity contribution in [3.8, 4) is 11.5 Å². The third kappa shape index (κ3) is 4.41. The smallest absolute Gasteiger partial charge is 0.338 e. The zero-order valence-corrected chi connectivity index (χ0v) is 20.3. The van der Waals surface area contributed by atoms with Crippen molar-refractivity contribution in [1.82, 2.24) is 4.57 Å². The maximum atomic E-state index is 13.6. The van der Waals surface area contributed by atoms with Crippen LogP contribution in [-0.4, -0.2) is 31.4 Å². The Balaban J connectivity index is 1.90. The number of allylic oxidation sites excluding steroid dienone is 1. The summed E-state index contributed by atoms with van der Waals surface area (Å²) in [4.78, 5) is 31.5. The Morgan fingerprint density at radius 3 is 2.56 bits per heavy atom. The lowest BCUT2D eigenvalue weighted by Gasteiger charge is -2.24. The quantitative estimate of drug-likeness (QED) is 0.488. The lowest BCUT2D eigenvalue weighted by molar-refractivity contribution is -0.136. The molecular formula is C26H26N2O5S. The van der Waals surface area contributed by atoms with Gasteiger partial charge in [0.25, 0.3) is 5.56 Å². The molecule has 0 bridgehead atoms. The van der Waals surface area contributed by atoms with E-state index in [1.807, 2.05) is 55.5 Å². The van der Waals surface area contributed by atoms with Gasteiger partial charge in [0.05, 0.1) is 42.7 Å². The van der Waals surface area contributed by atoms with Gasteiger partial charge in [-0.05, 0) is 43.2 Å². The van der Waals surface area contributed by atoms with Crippen LogP contribution in [-0.2, 0) is 9.53 Å². The van der Waals surface area contributed by atoms with E-state index in [1.54, 1.807) is 24.7 Å². The number of fused-ring (bicyclic) bond motifs is 1. The second kappa shape index (κ2) is 10.1. The number of hydrogen-bond donors (Lipinski definition) is 0. The molecule has 1 aliphatic heterocycles. The normalized spacial score (nSPS) is 15.5. The van der Waals surface area contributed by atoms with Crippen LogP contribution in [0.5, 0.6) is 11.5 Å². The molecule has 0 saturated carbocycles. The number of para-hydroxylation sites is 1. The van der Waals surface area contributed by atoms with Crippen LogP contribution in [0.25, 0.3) is 6.08 Å². The van der Waals surface area contributed by atoms with Crippen LogP contribution in [0.4, 0.5) is 0 Å². The predicted octanol–water partition coefficient (Wildman–Crippen LogP) is 3.21. The average molecular weight is 479 g/mol. The summed E-state index contributed by atoms with van der Waals surface area (Å²) in [7, 11) is 2.92. The van der Waals surface area contributed by atoms with E-state index >= 15 is 0 Å². The summed E-state index contributed by atoms with van der Waals surface area (Å²) in [6.45, 7) is 4.42. The van der Waals surface area contributed by atoms with Crippen molar-refractivity contribution in [1.29, 1.82) is 0 Å². The van der Waals surface area contributed by atoms with Crippen LogP contribution < -0.4 is 24.4 Å². The summed E-state index contributed by atoms with van der Waals surface area (Å²) in [6, 6.07) is 14.3. The topological polar surface area (TPSA) is 79.1 Å². The fourth-order valence-electron chi connectivity index (χ4n) is 3.90. The first kappa shape index (κ1) is 23.5. The minimum absolute atomic E-state index is 0.236. The monoisotopic (exact) mass is 478 g/mol. The first-order valence-electron chi connectivity index (χ1n) is 10.9. The van der Waals surface area contributed by atoms with Crippen molar-refractivity contribution in [2.75, 3.05) is 20.8 Å². The summed E-state index contributed by atoms with van der Waals surface area (Å²) < 4.78 is 18.2. The maximum absolute atomic E-state index is 13.6. The highest BCUT2D eigenvalue weighted by atomic mass is 32.1.